The van der Waals surface area contributed by atoms with Crippen molar-refractivity contribution in [2.45, 2.75) is 88.6 Å². The number of unbranched alkanes of at least 4 members (excludes halogenated alkanes) is 1. The molecule has 2 amide bonds. The van der Waals surface area contributed by atoms with Crippen molar-refractivity contribution in [2.75, 3.05) is 20.1 Å². The van der Waals surface area contributed by atoms with Gasteiger partial charge >= 0.3 is 12.3 Å². The molecule has 0 bridgehead atoms. The summed E-state index contributed by atoms with van der Waals surface area (Å²) in [4.78, 5) is 26.9. The summed E-state index contributed by atoms with van der Waals surface area (Å²) in [5.74, 6) is -0.622. The summed E-state index contributed by atoms with van der Waals surface area (Å²) in [5.41, 5.74) is -1.51. The maximum atomic E-state index is 13.2. The second-order valence-corrected chi connectivity index (χ2v) is 13.1. The molecule has 0 radical (unpaired) electrons. The van der Waals surface area contributed by atoms with E-state index in [1.807, 2.05) is 27.7 Å². The molecule has 0 aromatic heterocycles. The summed E-state index contributed by atoms with van der Waals surface area (Å²) in [5, 5.41) is 2.98. The van der Waals surface area contributed by atoms with E-state index in [0.717, 1.165) is 18.6 Å². The van der Waals surface area contributed by atoms with Gasteiger partial charge in [-0.15, -0.1) is 0 Å². The van der Waals surface area contributed by atoms with Crippen LogP contribution in [0.3, 0.4) is 0 Å². The number of amides is 2. The zero-order valence-corrected chi connectivity index (χ0v) is 23.4. The lowest BCUT2D eigenvalue weighted by atomic mass is 9.97. The third kappa shape index (κ3) is 6.80. The van der Waals surface area contributed by atoms with Gasteiger partial charge in [0.25, 0.3) is 5.91 Å². The van der Waals surface area contributed by atoms with Crippen molar-refractivity contribution in [3.05, 3.63) is 29.8 Å². The average molecular weight is 562 g/mol. The zero-order valence-electron chi connectivity index (χ0n) is 22.5. The number of hydrogen-bond donors (Lipinski definition) is 1. The molecule has 1 aromatic carbocycles. The number of nitrogens with zero attached hydrogens (tertiary/aromatic N) is 2. The Bertz CT molecular complexity index is 1120. The molecular weight excluding hydrogens is 523 g/mol. The molecule has 4 atom stereocenters. The van der Waals surface area contributed by atoms with Crippen LogP contribution in [0.15, 0.2) is 29.2 Å². The van der Waals surface area contributed by atoms with E-state index in [1.165, 1.54) is 15.3 Å². The molecular formula is C26H38F3N3O5S. The van der Waals surface area contributed by atoms with Crippen LogP contribution in [0.4, 0.5) is 18.0 Å². The van der Waals surface area contributed by atoms with Gasteiger partial charge in [-0.05, 0) is 76.5 Å². The van der Waals surface area contributed by atoms with Gasteiger partial charge in [0.2, 0.25) is 10.0 Å². The van der Waals surface area contributed by atoms with Gasteiger partial charge in [0, 0.05) is 31.7 Å². The Morgan fingerprint density at radius 1 is 1.18 bits per heavy atom. The number of ether oxygens (including phenoxy) is 1. The highest BCUT2D eigenvalue weighted by Gasteiger charge is 2.47. The molecule has 1 heterocycles. The molecule has 2 aliphatic rings. The Labute approximate surface area is 222 Å². The summed E-state index contributed by atoms with van der Waals surface area (Å²) >= 11 is 0. The number of nitrogens with one attached hydrogen (secondary N) is 1. The topological polar surface area (TPSA) is 96.0 Å². The lowest BCUT2D eigenvalue weighted by Crippen LogP contribution is -2.49. The van der Waals surface area contributed by atoms with Crippen LogP contribution in [-0.4, -0.2) is 67.4 Å². The molecule has 2 fully saturated rings. The maximum Gasteiger partial charge on any atom is 0.416 e. The van der Waals surface area contributed by atoms with Crippen molar-refractivity contribution >= 4 is 22.0 Å². The van der Waals surface area contributed by atoms with Crippen LogP contribution >= 0.6 is 0 Å². The van der Waals surface area contributed by atoms with E-state index in [-0.39, 0.29) is 31.0 Å². The van der Waals surface area contributed by atoms with Gasteiger partial charge in [-0.25, -0.2) is 13.2 Å². The number of hydrogen-bond acceptors (Lipinski definition) is 5. The van der Waals surface area contributed by atoms with Crippen molar-refractivity contribution < 1.29 is 35.9 Å². The van der Waals surface area contributed by atoms with Crippen molar-refractivity contribution in [1.82, 2.24) is 14.5 Å². The summed E-state index contributed by atoms with van der Waals surface area (Å²) in [6, 6.07) is 3.43. The van der Waals surface area contributed by atoms with Gasteiger partial charge in [0.1, 0.15) is 0 Å². The number of rotatable bonds is 8. The van der Waals surface area contributed by atoms with Crippen LogP contribution in [0, 0.1) is 11.8 Å². The van der Waals surface area contributed by atoms with E-state index in [4.69, 9.17) is 4.74 Å². The molecule has 1 saturated heterocycles. The molecule has 214 valence electrons. The number of alkyl halides is 3. The van der Waals surface area contributed by atoms with Gasteiger partial charge in [0.05, 0.1) is 10.5 Å². The predicted molar refractivity (Wildman–Crippen MR) is 136 cm³/mol. The summed E-state index contributed by atoms with van der Waals surface area (Å²) < 4.78 is 72.5. The lowest BCUT2D eigenvalue weighted by Gasteiger charge is -2.32. The molecule has 8 nitrogen and oxygen atoms in total. The predicted octanol–water partition coefficient (Wildman–Crippen LogP) is 4.65. The second kappa shape index (κ2) is 11.4. The van der Waals surface area contributed by atoms with E-state index >= 15 is 0 Å². The zero-order chi connectivity index (χ0) is 28.5. The highest BCUT2D eigenvalue weighted by Crippen LogP contribution is 2.41. The normalized spacial score (nSPS) is 23.1. The highest BCUT2D eigenvalue weighted by molar-refractivity contribution is 7.89. The van der Waals surface area contributed by atoms with E-state index in [1.54, 1.807) is 7.05 Å². The Hall–Kier alpha value is -2.34. The third-order valence-electron chi connectivity index (χ3n) is 7.59. The molecule has 3 rings (SSSR count). The van der Waals surface area contributed by atoms with E-state index in [2.05, 4.69) is 5.32 Å². The minimum Gasteiger partial charge on any atom is -0.436 e. The summed E-state index contributed by atoms with van der Waals surface area (Å²) in [6.07, 6.45) is -3.04. The number of carbonyl (C=O) groups excluding carboxylic acids is 2. The SMILES string of the molecule is CCCC[C@H](OC(=O)N(C)C(C)(C)C)C(=O)N[C@H]1CC[C@@H]2CN(S(=O)(=O)c3cccc(C(F)(F)F)c3)C[C@@H]21. The fraction of sp³-hybridized carbons (Fsp3) is 0.692. The molecule has 0 unspecified atom stereocenters. The van der Waals surface area contributed by atoms with Crippen molar-refractivity contribution in [2.24, 2.45) is 11.8 Å². The Kier molecular flexibility index (Phi) is 9.07. The number of carbonyl (C=O) groups is 2. The number of sulfonamides is 1. The summed E-state index contributed by atoms with van der Waals surface area (Å²) in [7, 11) is -2.53. The first-order valence-electron chi connectivity index (χ1n) is 13.0. The number of fused-ring (bicyclic) bond motifs is 1. The van der Waals surface area contributed by atoms with Crippen LogP contribution < -0.4 is 5.32 Å². The first-order chi connectivity index (χ1) is 17.6. The van der Waals surface area contributed by atoms with E-state index in [9.17, 15) is 31.2 Å². The quantitative estimate of drug-likeness (QED) is 0.499. The van der Waals surface area contributed by atoms with Crippen LogP contribution in [0.5, 0.6) is 0 Å². The minimum atomic E-state index is -4.65. The molecule has 0 spiro atoms. The monoisotopic (exact) mass is 561 g/mol. The molecule has 1 saturated carbocycles. The van der Waals surface area contributed by atoms with Crippen molar-refractivity contribution in [3.63, 3.8) is 0 Å². The van der Waals surface area contributed by atoms with Gasteiger partial charge < -0.3 is 15.0 Å². The Morgan fingerprint density at radius 2 is 1.87 bits per heavy atom. The van der Waals surface area contributed by atoms with Crippen molar-refractivity contribution in [3.8, 4) is 0 Å². The standard InChI is InChI=1S/C26H38F3N3O5S/c1-6-7-11-22(37-24(34)31(5)25(2,3)4)23(33)30-21-13-12-17-15-32(16-20(17)21)38(35,36)19-10-8-9-18(14-19)26(27,28)29/h8-10,14,17,20-22H,6-7,11-13,15-16H2,1-5H3,(H,30,33)/t17-,20+,21+,22+/m1/s1. The van der Waals surface area contributed by atoms with Crippen LogP contribution in [0.2, 0.25) is 0 Å². The first-order valence-corrected chi connectivity index (χ1v) is 14.4. The van der Waals surface area contributed by atoms with Gasteiger partial charge in [-0.1, -0.05) is 19.4 Å². The fourth-order valence-corrected chi connectivity index (χ4v) is 6.55. The van der Waals surface area contributed by atoms with E-state index < -0.39 is 50.3 Å². The molecule has 1 aliphatic carbocycles. The third-order valence-corrected chi connectivity index (χ3v) is 9.41. The Morgan fingerprint density at radius 3 is 2.47 bits per heavy atom. The first kappa shape index (κ1) is 30.2. The van der Waals surface area contributed by atoms with Crippen LogP contribution in [-0.2, 0) is 25.7 Å². The van der Waals surface area contributed by atoms with E-state index in [0.29, 0.717) is 31.7 Å². The van der Waals surface area contributed by atoms with Crippen LogP contribution in [0.25, 0.3) is 0 Å². The number of benzene rings is 1. The summed E-state index contributed by atoms with van der Waals surface area (Å²) in [6.45, 7) is 7.81. The second-order valence-electron chi connectivity index (χ2n) is 11.2. The van der Waals surface area contributed by atoms with Gasteiger partial charge in [-0.2, -0.15) is 17.5 Å². The minimum absolute atomic E-state index is 0.0236. The largest absolute Gasteiger partial charge is 0.436 e. The van der Waals surface area contributed by atoms with Gasteiger partial charge in [0.15, 0.2) is 6.10 Å². The molecule has 38 heavy (non-hydrogen) atoms. The highest BCUT2D eigenvalue weighted by atomic mass is 32.2. The molecule has 1 aromatic rings. The maximum absolute atomic E-state index is 13.2. The Balaban J connectivity index is 1.70. The molecule has 12 heteroatoms. The fourth-order valence-electron chi connectivity index (χ4n) is 4.97. The molecule has 1 aliphatic heterocycles. The smallest absolute Gasteiger partial charge is 0.416 e. The van der Waals surface area contributed by atoms with Gasteiger partial charge in [-0.3, -0.25) is 4.79 Å². The molecule has 1 N–H and O–H groups in total. The average Bonchev–Trinajstić information content (AvgIpc) is 3.42. The number of halogens is 3. The van der Waals surface area contributed by atoms with Crippen molar-refractivity contribution in [1.29, 1.82) is 0 Å². The van der Waals surface area contributed by atoms with Crippen LogP contribution in [0.1, 0.15) is 65.4 Å². The lowest BCUT2D eigenvalue weighted by molar-refractivity contribution is -0.137.